The minimum Gasteiger partial charge on any atom is -0.290 e. The molecular weight excluding hydrogens is 148 g/mol. The second-order valence-corrected chi connectivity index (χ2v) is 2.94. The molecule has 1 radical (unpaired) electrons. The molecular formula is C11H13O. The summed E-state index contributed by atoms with van der Waals surface area (Å²) < 4.78 is 0. The van der Waals surface area contributed by atoms with Gasteiger partial charge in [-0.1, -0.05) is 38.1 Å². The van der Waals surface area contributed by atoms with Crippen LogP contribution >= 0.6 is 0 Å². The average Bonchev–Trinajstić information content (AvgIpc) is 2.17. The molecule has 63 valence electrons. The third-order valence-corrected chi connectivity index (χ3v) is 2.04. The molecule has 0 saturated carbocycles. The summed E-state index contributed by atoms with van der Waals surface area (Å²) in [5.74, 6) is -0.100. The molecule has 1 nitrogen and oxygen atoms in total. The molecule has 0 heterocycles. The quantitative estimate of drug-likeness (QED) is 0.665. The Bertz CT molecular complexity index is 265. The van der Waals surface area contributed by atoms with Gasteiger partial charge in [0.15, 0.2) is 0 Å². The van der Waals surface area contributed by atoms with E-state index in [1.807, 2.05) is 25.3 Å². The first kappa shape index (κ1) is 8.98. The molecule has 0 amide bonds. The van der Waals surface area contributed by atoms with Crippen molar-refractivity contribution in [1.82, 2.24) is 0 Å². The van der Waals surface area contributed by atoms with Crippen LogP contribution in [0.25, 0.3) is 0 Å². The summed E-state index contributed by atoms with van der Waals surface area (Å²) in [5, 5.41) is 0. The second kappa shape index (κ2) is 4.05. The molecule has 12 heavy (non-hydrogen) atoms. The normalized spacial score (nSPS) is 12.5. The summed E-state index contributed by atoms with van der Waals surface area (Å²) in [6.45, 7) is 3.97. The third kappa shape index (κ3) is 1.94. The van der Waals surface area contributed by atoms with Crippen LogP contribution in [-0.4, -0.2) is 6.29 Å². The summed E-state index contributed by atoms with van der Waals surface area (Å²) in [7, 11) is 0. The first-order chi connectivity index (χ1) is 5.77. The SMILES string of the molecule is CCc1cccc(C(C)[C]=O)c1. The van der Waals surface area contributed by atoms with Crippen molar-refractivity contribution in [2.75, 3.05) is 0 Å². The van der Waals surface area contributed by atoms with Crippen LogP contribution in [0.4, 0.5) is 0 Å². The number of carbonyl (C=O) groups excluding carboxylic acids is 1. The molecule has 0 saturated heterocycles. The molecule has 1 atom stereocenters. The van der Waals surface area contributed by atoms with Crippen molar-refractivity contribution in [2.45, 2.75) is 26.2 Å². The largest absolute Gasteiger partial charge is 0.290 e. The molecule has 1 aromatic rings. The highest BCUT2D eigenvalue weighted by molar-refractivity contribution is 5.62. The fraction of sp³-hybridized carbons (Fsp3) is 0.364. The first-order valence-electron chi connectivity index (χ1n) is 4.24. The van der Waals surface area contributed by atoms with Crippen LogP contribution in [0, 0.1) is 0 Å². The van der Waals surface area contributed by atoms with Gasteiger partial charge >= 0.3 is 0 Å². The molecule has 1 heteroatoms. The van der Waals surface area contributed by atoms with Crippen LogP contribution in [-0.2, 0) is 11.2 Å². The van der Waals surface area contributed by atoms with Gasteiger partial charge in [-0.05, 0) is 17.5 Å². The third-order valence-electron chi connectivity index (χ3n) is 2.04. The zero-order valence-corrected chi connectivity index (χ0v) is 7.50. The van der Waals surface area contributed by atoms with Gasteiger partial charge in [-0.2, -0.15) is 0 Å². The zero-order valence-electron chi connectivity index (χ0n) is 7.50. The standard InChI is InChI=1S/C11H13O/c1-3-10-5-4-6-11(7-10)9(2)8-12/h4-7,9H,3H2,1-2H3. The van der Waals surface area contributed by atoms with E-state index in [2.05, 4.69) is 19.1 Å². The number of rotatable bonds is 3. The number of benzene rings is 1. The van der Waals surface area contributed by atoms with Gasteiger partial charge in [-0.15, -0.1) is 0 Å². The van der Waals surface area contributed by atoms with Gasteiger partial charge in [0.1, 0.15) is 0 Å². The lowest BCUT2D eigenvalue weighted by Crippen LogP contribution is -1.94. The van der Waals surface area contributed by atoms with E-state index in [0.29, 0.717) is 0 Å². The van der Waals surface area contributed by atoms with Crippen molar-refractivity contribution < 1.29 is 4.79 Å². The Labute approximate surface area is 73.4 Å². The summed E-state index contributed by atoms with van der Waals surface area (Å²) >= 11 is 0. The lowest BCUT2D eigenvalue weighted by molar-refractivity contribution is 0.546. The number of hydrogen-bond acceptors (Lipinski definition) is 1. The molecule has 0 spiro atoms. The Balaban J connectivity index is 2.93. The van der Waals surface area contributed by atoms with Crippen molar-refractivity contribution in [3.05, 3.63) is 35.4 Å². The van der Waals surface area contributed by atoms with E-state index in [0.717, 1.165) is 12.0 Å². The highest BCUT2D eigenvalue weighted by atomic mass is 16.1. The first-order valence-corrected chi connectivity index (χ1v) is 4.24. The predicted molar refractivity (Wildman–Crippen MR) is 49.9 cm³/mol. The van der Waals surface area contributed by atoms with Gasteiger partial charge in [0.25, 0.3) is 0 Å². The Kier molecular flexibility index (Phi) is 3.03. The smallest absolute Gasteiger partial charge is 0.206 e. The molecule has 0 N–H and O–H groups in total. The van der Waals surface area contributed by atoms with E-state index in [1.54, 1.807) is 0 Å². The molecule has 0 aliphatic rings. The van der Waals surface area contributed by atoms with Gasteiger partial charge in [0, 0.05) is 5.92 Å². The fourth-order valence-corrected chi connectivity index (χ4v) is 1.15. The molecule has 0 aliphatic heterocycles. The fourth-order valence-electron chi connectivity index (χ4n) is 1.15. The minimum absolute atomic E-state index is 0.100. The Morgan fingerprint density at radius 1 is 1.50 bits per heavy atom. The van der Waals surface area contributed by atoms with Gasteiger partial charge in [-0.3, -0.25) is 4.79 Å². The van der Waals surface area contributed by atoms with Crippen LogP contribution in [0.3, 0.4) is 0 Å². The average molecular weight is 161 g/mol. The molecule has 1 aromatic carbocycles. The molecule has 1 unspecified atom stereocenters. The topological polar surface area (TPSA) is 17.1 Å². The Morgan fingerprint density at radius 3 is 2.83 bits per heavy atom. The molecule has 0 aromatic heterocycles. The van der Waals surface area contributed by atoms with Crippen molar-refractivity contribution in [3.8, 4) is 0 Å². The maximum atomic E-state index is 10.4. The summed E-state index contributed by atoms with van der Waals surface area (Å²) in [4.78, 5) is 10.4. The number of aryl methyl sites for hydroxylation is 1. The second-order valence-electron chi connectivity index (χ2n) is 2.94. The van der Waals surface area contributed by atoms with Gasteiger partial charge in [0.05, 0.1) is 0 Å². The van der Waals surface area contributed by atoms with Crippen molar-refractivity contribution in [2.24, 2.45) is 0 Å². The maximum Gasteiger partial charge on any atom is 0.206 e. The molecule has 0 aliphatic carbocycles. The molecule has 1 rings (SSSR count). The highest BCUT2D eigenvalue weighted by Gasteiger charge is 2.03. The van der Waals surface area contributed by atoms with Crippen LogP contribution in [0.1, 0.15) is 30.9 Å². The minimum atomic E-state index is -0.100. The van der Waals surface area contributed by atoms with E-state index < -0.39 is 0 Å². The highest BCUT2D eigenvalue weighted by Crippen LogP contribution is 2.14. The zero-order chi connectivity index (χ0) is 8.97. The van der Waals surface area contributed by atoms with Gasteiger partial charge < -0.3 is 0 Å². The Morgan fingerprint density at radius 2 is 2.25 bits per heavy atom. The maximum absolute atomic E-state index is 10.4. The lowest BCUT2D eigenvalue weighted by Gasteiger charge is -2.04. The van der Waals surface area contributed by atoms with Crippen LogP contribution < -0.4 is 0 Å². The van der Waals surface area contributed by atoms with Crippen molar-refractivity contribution in [3.63, 3.8) is 0 Å². The lowest BCUT2D eigenvalue weighted by atomic mass is 10.00. The predicted octanol–water partition coefficient (Wildman–Crippen LogP) is 2.46. The monoisotopic (exact) mass is 161 g/mol. The Hall–Kier alpha value is -1.11. The van der Waals surface area contributed by atoms with Crippen LogP contribution in [0.5, 0.6) is 0 Å². The molecule has 0 bridgehead atoms. The number of hydrogen-bond donors (Lipinski definition) is 0. The van der Waals surface area contributed by atoms with E-state index in [4.69, 9.17) is 0 Å². The summed E-state index contributed by atoms with van der Waals surface area (Å²) in [5.41, 5.74) is 2.33. The molecule has 0 fully saturated rings. The van der Waals surface area contributed by atoms with Gasteiger partial charge in [-0.25, -0.2) is 0 Å². The summed E-state index contributed by atoms with van der Waals surface area (Å²) in [6, 6.07) is 8.09. The summed E-state index contributed by atoms with van der Waals surface area (Å²) in [6.07, 6.45) is 3.00. The van der Waals surface area contributed by atoms with Crippen LogP contribution in [0.15, 0.2) is 24.3 Å². The van der Waals surface area contributed by atoms with Crippen LogP contribution in [0.2, 0.25) is 0 Å². The van der Waals surface area contributed by atoms with E-state index >= 15 is 0 Å². The van der Waals surface area contributed by atoms with Crippen molar-refractivity contribution in [1.29, 1.82) is 0 Å². The van der Waals surface area contributed by atoms with E-state index in [9.17, 15) is 4.79 Å². The van der Waals surface area contributed by atoms with Gasteiger partial charge in [0.2, 0.25) is 6.29 Å². The van der Waals surface area contributed by atoms with E-state index in [1.165, 1.54) is 5.56 Å². The van der Waals surface area contributed by atoms with Crippen molar-refractivity contribution >= 4 is 6.29 Å². The van der Waals surface area contributed by atoms with E-state index in [-0.39, 0.29) is 5.92 Å².